The molecule has 1 saturated heterocycles. The average molecular weight is 375 g/mol. The van der Waals surface area contributed by atoms with Gasteiger partial charge in [-0.05, 0) is 6.07 Å². The molecule has 2 rings (SSSR count). The largest absolute Gasteiger partial charge is 0.484 e. The molecular weight excluding hydrogens is 359 g/mol. The summed E-state index contributed by atoms with van der Waals surface area (Å²) < 4.78 is 67.3. The van der Waals surface area contributed by atoms with Crippen LogP contribution in [0.1, 0.15) is 12.0 Å². The summed E-state index contributed by atoms with van der Waals surface area (Å²) in [6.07, 6.45) is -5.08. The van der Waals surface area contributed by atoms with Gasteiger partial charge in [0.15, 0.2) is 6.61 Å². The lowest BCUT2D eigenvalue weighted by atomic mass is 10.1. The molecule has 0 saturated carbocycles. The molecule has 1 aliphatic heterocycles. The van der Waals surface area contributed by atoms with Crippen LogP contribution in [-0.2, 0) is 11.3 Å². The number of rotatable bonds is 5. The van der Waals surface area contributed by atoms with Crippen molar-refractivity contribution in [2.24, 2.45) is 0 Å². The Balaban J connectivity index is 0.00000288. The molecule has 24 heavy (non-hydrogen) atoms. The van der Waals surface area contributed by atoms with E-state index in [0.717, 1.165) is 0 Å². The van der Waals surface area contributed by atoms with Gasteiger partial charge in [-0.25, -0.2) is 8.78 Å². The van der Waals surface area contributed by atoms with E-state index in [0.29, 0.717) is 5.56 Å². The Morgan fingerprint density at radius 3 is 2.58 bits per heavy atom. The van der Waals surface area contributed by atoms with E-state index in [2.05, 4.69) is 15.4 Å². The monoisotopic (exact) mass is 374 g/mol. The average Bonchev–Trinajstić information content (AvgIpc) is 2.83. The van der Waals surface area contributed by atoms with Gasteiger partial charge in [-0.15, -0.1) is 12.4 Å². The zero-order valence-corrected chi connectivity index (χ0v) is 13.1. The van der Waals surface area contributed by atoms with E-state index in [1.54, 1.807) is 6.07 Å². The number of carbonyl (C=O) groups is 1. The molecule has 0 bridgehead atoms. The second-order valence-corrected chi connectivity index (χ2v) is 5.22. The molecule has 1 amide bonds. The number of hydrogen-bond acceptors (Lipinski definition) is 3. The summed E-state index contributed by atoms with van der Waals surface area (Å²) in [6.45, 7) is -2.14. The Morgan fingerprint density at radius 1 is 1.33 bits per heavy atom. The van der Waals surface area contributed by atoms with Crippen molar-refractivity contribution < 1.29 is 31.5 Å². The minimum Gasteiger partial charge on any atom is -0.484 e. The maximum absolute atomic E-state index is 13.0. The lowest BCUT2D eigenvalue weighted by Gasteiger charge is -2.15. The molecule has 10 heteroatoms. The number of para-hydroxylation sites is 1. The molecule has 0 aliphatic carbocycles. The standard InChI is InChI=1S/C14H15F5N2O2.ClH/c15-13(16)5-10(21-7-13)12(22)20-6-9-3-1-2-4-11(9)23-8-14(17,18)19;/h1-4,10,21H,5-8H2,(H,20,22);1H. The number of carbonyl (C=O) groups excluding carboxylic acids is 1. The van der Waals surface area contributed by atoms with Crippen molar-refractivity contribution in [3.05, 3.63) is 29.8 Å². The van der Waals surface area contributed by atoms with E-state index < -0.39 is 43.6 Å². The normalized spacial score (nSPS) is 19.5. The highest BCUT2D eigenvalue weighted by Gasteiger charge is 2.42. The first kappa shape index (κ1) is 20.4. The molecule has 1 atom stereocenters. The van der Waals surface area contributed by atoms with Crippen LogP contribution in [0.5, 0.6) is 5.75 Å². The van der Waals surface area contributed by atoms with Crippen molar-refractivity contribution in [1.29, 1.82) is 0 Å². The lowest BCUT2D eigenvalue weighted by molar-refractivity contribution is -0.153. The molecule has 1 aromatic rings. The van der Waals surface area contributed by atoms with Gasteiger partial charge in [0.05, 0.1) is 12.6 Å². The van der Waals surface area contributed by atoms with Crippen LogP contribution in [0.3, 0.4) is 0 Å². The molecule has 0 spiro atoms. The molecule has 0 radical (unpaired) electrons. The van der Waals surface area contributed by atoms with Crippen LogP contribution < -0.4 is 15.4 Å². The third-order valence-corrected chi connectivity index (χ3v) is 3.24. The van der Waals surface area contributed by atoms with Crippen LogP contribution in [0.25, 0.3) is 0 Å². The number of halogens is 6. The SMILES string of the molecule is Cl.O=C(NCc1ccccc1OCC(F)(F)F)C1CC(F)(F)CN1. The lowest BCUT2D eigenvalue weighted by Crippen LogP contribution is -2.40. The fourth-order valence-electron chi connectivity index (χ4n) is 2.16. The Kier molecular flexibility index (Phi) is 6.79. The topological polar surface area (TPSA) is 50.4 Å². The maximum atomic E-state index is 13.0. The minimum absolute atomic E-state index is 0. The van der Waals surface area contributed by atoms with E-state index in [1.165, 1.54) is 18.2 Å². The highest BCUT2D eigenvalue weighted by atomic mass is 35.5. The van der Waals surface area contributed by atoms with Crippen LogP contribution in [0.2, 0.25) is 0 Å². The number of nitrogens with one attached hydrogen (secondary N) is 2. The van der Waals surface area contributed by atoms with E-state index in [9.17, 15) is 26.7 Å². The Labute approximate surface area is 141 Å². The zero-order chi connectivity index (χ0) is 17.1. The Hall–Kier alpha value is -1.61. The summed E-state index contributed by atoms with van der Waals surface area (Å²) in [4.78, 5) is 11.8. The first-order valence-electron chi connectivity index (χ1n) is 6.83. The summed E-state index contributed by atoms with van der Waals surface area (Å²) in [5.74, 6) is -3.59. The van der Waals surface area contributed by atoms with E-state index in [-0.39, 0.29) is 24.7 Å². The van der Waals surface area contributed by atoms with E-state index in [1.807, 2.05) is 0 Å². The molecule has 1 aliphatic rings. The quantitative estimate of drug-likeness (QED) is 0.779. The summed E-state index contributed by atoms with van der Waals surface area (Å²) in [5.41, 5.74) is 0.329. The Morgan fingerprint density at radius 2 is 2.00 bits per heavy atom. The summed E-state index contributed by atoms with van der Waals surface area (Å²) in [5, 5.41) is 4.82. The summed E-state index contributed by atoms with van der Waals surface area (Å²) in [6, 6.07) is 4.88. The van der Waals surface area contributed by atoms with Crippen molar-refractivity contribution in [2.45, 2.75) is 31.1 Å². The number of alkyl halides is 5. The third kappa shape index (κ3) is 6.12. The minimum atomic E-state index is -4.48. The van der Waals surface area contributed by atoms with Crippen molar-refractivity contribution in [3.8, 4) is 5.75 Å². The maximum Gasteiger partial charge on any atom is 0.422 e. The third-order valence-electron chi connectivity index (χ3n) is 3.24. The van der Waals surface area contributed by atoms with E-state index in [4.69, 9.17) is 0 Å². The molecule has 1 fully saturated rings. The second-order valence-electron chi connectivity index (χ2n) is 5.22. The molecular formula is C14H16ClF5N2O2. The molecule has 4 nitrogen and oxygen atoms in total. The zero-order valence-electron chi connectivity index (χ0n) is 12.3. The number of amides is 1. The second kappa shape index (κ2) is 7.98. The number of ether oxygens (including phenoxy) is 1. The molecule has 2 N–H and O–H groups in total. The van der Waals surface area contributed by atoms with Gasteiger partial charge in [0.25, 0.3) is 5.92 Å². The molecule has 1 unspecified atom stereocenters. The van der Waals surface area contributed by atoms with Gasteiger partial charge >= 0.3 is 6.18 Å². The van der Waals surface area contributed by atoms with Gasteiger partial charge in [-0.3, -0.25) is 10.1 Å². The predicted octanol–water partition coefficient (Wildman–Crippen LogP) is 2.66. The van der Waals surface area contributed by atoms with Crippen LogP contribution >= 0.6 is 12.4 Å². The van der Waals surface area contributed by atoms with Crippen molar-refractivity contribution >= 4 is 18.3 Å². The van der Waals surface area contributed by atoms with Crippen LogP contribution in [0.15, 0.2) is 24.3 Å². The summed E-state index contributed by atoms with van der Waals surface area (Å²) in [7, 11) is 0. The summed E-state index contributed by atoms with van der Waals surface area (Å²) >= 11 is 0. The van der Waals surface area contributed by atoms with Crippen molar-refractivity contribution in [1.82, 2.24) is 10.6 Å². The van der Waals surface area contributed by atoms with Gasteiger partial charge in [0, 0.05) is 18.5 Å². The van der Waals surface area contributed by atoms with Crippen molar-refractivity contribution in [2.75, 3.05) is 13.2 Å². The van der Waals surface area contributed by atoms with Crippen molar-refractivity contribution in [3.63, 3.8) is 0 Å². The van der Waals surface area contributed by atoms with E-state index >= 15 is 0 Å². The number of hydrogen-bond donors (Lipinski definition) is 2. The van der Waals surface area contributed by atoms with Crippen LogP contribution in [0.4, 0.5) is 22.0 Å². The smallest absolute Gasteiger partial charge is 0.422 e. The first-order chi connectivity index (χ1) is 10.7. The van der Waals surface area contributed by atoms with Crippen LogP contribution in [-0.4, -0.2) is 37.2 Å². The Bertz CT molecular complexity index is 568. The van der Waals surface area contributed by atoms with Gasteiger partial charge in [-0.1, -0.05) is 18.2 Å². The van der Waals surface area contributed by atoms with Gasteiger partial charge in [0.2, 0.25) is 5.91 Å². The van der Waals surface area contributed by atoms with Gasteiger partial charge in [-0.2, -0.15) is 13.2 Å². The highest BCUT2D eigenvalue weighted by molar-refractivity contribution is 5.85. The molecule has 1 aromatic carbocycles. The molecule has 136 valence electrons. The fourth-order valence-corrected chi connectivity index (χ4v) is 2.16. The highest BCUT2D eigenvalue weighted by Crippen LogP contribution is 2.25. The molecule has 0 aromatic heterocycles. The van der Waals surface area contributed by atoms with Gasteiger partial charge in [0.1, 0.15) is 5.75 Å². The molecule has 1 heterocycles. The first-order valence-corrected chi connectivity index (χ1v) is 6.83. The number of benzene rings is 1. The van der Waals surface area contributed by atoms with Gasteiger partial charge < -0.3 is 10.1 Å². The van der Waals surface area contributed by atoms with Crippen LogP contribution in [0, 0.1) is 0 Å². The predicted molar refractivity (Wildman–Crippen MR) is 78.4 cm³/mol. The fraction of sp³-hybridized carbons (Fsp3) is 0.500.